The van der Waals surface area contributed by atoms with Gasteiger partial charge in [0.2, 0.25) is 0 Å². The molecule has 1 fully saturated rings. The highest BCUT2D eigenvalue weighted by atomic mass is 16.5. The molecule has 0 aliphatic heterocycles. The van der Waals surface area contributed by atoms with E-state index in [9.17, 15) is 9.59 Å². The Morgan fingerprint density at radius 2 is 2.15 bits per heavy atom. The van der Waals surface area contributed by atoms with Crippen molar-refractivity contribution in [3.63, 3.8) is 0 Å². The molecule has 5 heteroatoms. The van der Waals surface area contributed by atoms with E-state index in [0.717, 1.165) is 12.8 Å². The van der Waals surface area contributed by atoms with Gasteiger partial charge in [-0.3, -0.25) is 4.79 Å². The molecule has 5 nitrogen and oxygen atoms in total. The standard InChI is InChI=1S/C15H22N2O3/c1-10(2)9-12(15(19)20-3)16-14(18)13-5-4-8-17(13)11-6-7-11/h4-5,8,10-12H,6-7,9H2,1-3H3,(H,16,18). The van der Waals surface area contributed by atoms with E-state index >= 15 is 0 Å². The number of carbonyl (C=O) groups excluding carboxylic acids is 2. The van der Waals surface area contributed by atoms with E-state index in [1.807, 2.05) is 30.7 Å². The summed E-state index contributed by atoms with van der Waals surface area (Å²) < 4.78 is 6.75. The molecule has 0 spiro atoms. The highest BCUT2D eigenvalue weighted by molar-refractivity contribution is 5.95. The molecule has 0 bridgehead atoms. The summed E-state index contributed by atoms with van der Waals surface area (Å²) in [5.41, 5.74) is 0.616. The van der Waals surface area contributed by atoms with E-state index in [-0.39, 0.29) is 5.91 Å². The van der Waals surface area contributed by atoms with Gasteiger partial charge in [-0.25, -0.2) is 4.79 Å². The van der Waals surface area contributed by atoms with Gasteiger partial charge in [0.1, 0.15) is 11.7 Å². The van der Waals surface area contributed by atoms with E-state index in [4.69, 9.17) is 4.74 Å². The van der Waals surface area contributed by atoms with E-state index in [1.165, 1.54) is 7.11 Å². The molecule has 1 aliphatic carbocycles. The zero-order chi connectivity index (χ0) is 14.7. The maximum absolute atomic E-state index is 12.3. The Morgan fingerprint density at radius 1 is 1.45 bits per heavy atom. The van der Waals surface area contributed by atoms with Crippen molar-refractivity contribution in [3.05, 3.63) is 24.0 Å². The maximum atomic E-state index is 12.3. The van der Waals surface area contributed by atoms with Crippen LogP contribution in [-0.2, 0) is 9.53 Å². The molecule has 20 heavy (non-hydrogen) atoms. The number of carbonyl (C=O) groups is 2. The third kappa shape index (κ3) is 3.40. The molecule has 1 aromatic rings. The molecule has 0 aromatic carbocycles. The summed E-state index contributed by atoms with van der Waals surface area (Å²) in [6.45, 7) is 4.02. The van der Waals surface area contributed by atoms with Gasteiger partial charge in [-0.05, 0) is 37.3 Å². The van der Waals surface area contributed by atoms with Gasteiger partial charge in [0.15, 0.2) is 0 Å². The lowest BCUT2D eigenvalue weighted by Gasteiger charge is -2.18. The molecule has 0 radical (unpaired) electrons. The van der Waals surface area contributed by atoms with Crippen LogP contribution < -0.4 is 5.32 Å². The van der Waals surface area contributed by atoms with Crippen molar-refractivity contribution < 1.29 is 14.3 Å². The predicted molar refractivity (Wildman–Crippen MR) is 75.4 cm³/mol. The molecule has 1 heterocycles. The lowest BCUT2D eigenvalue weighted by Crippen LogP contribution is -2.43. The Balaban J connectivity index is 2.07. The van der Waals surface area contributed by atoms with Crippen molar-refractivity contribution in [1.29, 1.82) is 0 Å². The smallest absolute Gasteiger partial charge is 0.328 e. The van der Waals surface area contributed by atoms with Crippen LogP contribution in [0.2, 0.25) is 0 Å². The van der Waals surface area contributed by atoms with Crippen LogP contribution in [0.5, 0.6) is 0 Å². The van der Waals surface area contributed by atoms with E-state index in [0.29, 0.717) is 24.1 Å². The first-order chi connectivity index (χ1) is 9.52. The van der Waals surface area contributed by atoms with Crippen LogP contribution in [-0.4, -0.2) is 29.6 Å². The Kier molecular flexibility index (Phi) is 4.47. The van der Waals surface area contributed by atoms with Crippen molar-refractivity contribution in [2.24, 2.45) is 5.92 Å². The van der Waals surface area contributed by atoms with Crippen molar-refractivity contribution >= 4 is 11.9 Å². The minimum Gasteiger partial charge on any atom is -0.467 e. The summed E-state index contributed by atoms with van der Waals surface area (Å²) in [7, 11) is 1.34. The first kappa shape index (κ1) is 14.6. The number of rotatable bonds is 6. The number of hydrogen-bond donors (Lipinski definition) is 1. The lowest BCUT2D eigenvalue weighted by molar-refractivity contribution is -0.143. The summed E-state index contributed by atoms with van der Waals surface area (Å²) in [6.07, 6.45) is 4.72. The highest BCUT2D eigenvalue weighted by Gasteiger charge is 2.29. The summed E-state index contributed by atoms with van der Waals surface area (Å²) in [6, 6.07) is 3.50. The second-order valence-corrected chi connectivity index (χ2v) is 5.71. The summed E-state index contributed by atoms with van der Waals surface area (Å²) in [5.74, 6) is -0.302. The average Bonchev–Trinajstić information content (AvgIpc) is 3.13. The van der Waals surface area contributed by atoms with Crippen LogP contribution in [0.25, 0.3) is 0 Å². The third-order valence-electron chi connectivity index (χ3n) is 3.45. The molecule has 2 rings (SSSR count). The number of esters is 1. The molecule has 1 unspecified atom stereocenters. The second kappa shape index (κ2) is 6.11. The topological polar surface area (TPSA) is 60.3 Å². The third-order valence-corrected chi connectivity index (χ3v) is 3.45. The first-order valence-corrected chi connectivity index (χ1v) is 7.08. The molecule has 1 aromatic heterocycles. The van der Waals surface area contributed by atoms with Gasteiger partial charge in [-0.15, -0.1) is 0 Å². The molecule has 1 N–H and O–H groups in total. The fourth-order valence-corrected chi connectivity index (χ4v) is 2.32. The SMILES string of the molecule is COC(=O)C(CC(C)C)NC(=O)c1cccn1C1CC1. The van der Waals surface area contributed by atoms with Gasteiger partial charge < -0.3 is 14.6 Å². The number of aromatic nitrogens is 1. The van der Waals surface area contributed by atoms with Gasteiger partial charge in [0.25, 0.3) is 5.91 Å². The maximum Gasteiger partial charge on any atom is 0.328 e. The Hall–Kier alpha value is -1.78. The van der Waals surface area contributed by atoms with Crippen molar-refractivity contribution in [2.75, 3.05) is 7.11 Å². The molecular weight excluding hydrogens is 256 g/mol. The van der Waals surface area contributed by atoms with Crippen LogP contribution in [0.1, 0.15) is 49.6 Å². The van der Waals surface area contributed by atoms with Gasteiger partial charge in [-0.2, -0.15) is 0 Å². The Bertz CT molecular complexity index is 489. The van der Waals surface area contributed by atoms with E-state index in [2.05, 4.69) is 5.32 Å². The zero-order valence-corrected chi connectivity index (χ0v) is 12.3. The fourth-order valence-electron chi connectivity index (χ4n) is 2.32. The second-order valence-electron chi connectivity index (χ2n) is 5.71. The van der Waals surface area contributed by atoms with E-state index in [1.54, 1.807) is 6.07 Å². The quantitative estimate of drug-likeness (QED) is 0.811. The van der Waals surface area contributed by atoms with E-state index < -0.39 is 12.0 Å². The van der Waals surface area contributed by atoms with Crippen LogP contribution in [0, 0.1) is 5.92 Å². The van der Waals surface area contributed by atoms with Gasteiger partial charge in [0, 0.05) is 12.2 Å². The number of hydrogen-bond acceptors (Lipinski definition) is 3. The molecule has 1 saturated carbocycles. The largest absolute Gasteiger partial charge is 0.467 e. The molecule has 1 aliphatic rings. The minimum absolute atomic E-state index is 0.210. The first-order valence-electron chi connectivity index (χ1n) is 7.08. The molecular formula is C15H22N2O3. The van der Waals surface area contributed by atoms with Crippen molar-refractivity contribution in [1.82, 2.24) is 9.88 Å². The fraction of sp³-hybridized carbons (Fsp3) is 0.600. The van der Waals surface area contributed by atoms with Crippen LogP contribution in [0.3, 0.4) is 0 Å². The Morgan fingerprint density at radius 3 is 2.70 bits per heavy atom. The van der Waals surface area contributed by atoms with Gasteiger partial charge >= 0.3 is 5.97 Å². The average molecular weight is 278 g/mol. The van der Waals surface area contributed by atoms with Crippen LogP contribution in [0.4, 0.5) is 0 Å². The number of amides is 1. The summed E-state index contributed by atoms with van der Waals surface area (Å²) >= 11 is 0. The normalized spacial score (nSPS) is 16.0. The van der Waals surface area contributed by atoms with Crippen molar-refractivity contribution in [2.45, 2.75) is 45.2 Å². The number of nitrogens with one attached hydrogen (secondary N) is 1. The molecule has 0 saturated heterocycles. The molecule has 1 amide bonds. The monoisotopic (exact) mass is 278 g/mol. The van der Waals surface area contributed by atoms with Crippen LogP contribution in [0.15, 0.2) is 18.3 Å². The molecule has 110 valence electrons. The lowest BCUT2D eigenvalue weighted by atomic mass is 10.0. The number of methoxy groups -OCH3 is 1. The highest BCUT2D eigenvalue weighted by Crippen LogP contribution is 2.36. The predicted octanol–water partition coefficient (Wildman–Crippen LogP) is 2.14. The minimum atomic E-state index is -0.588. The van der Waals surface area contributed by atoms with Crippen LogP contribution >= 0.6 is 0 Å². The van der Waals surface area contributed by atoms with Gasteiger partial charge in [0.05, 0.1) is 7.11 Å². The zero-order valence-electron chi connectivity index (χ0n) is 12.3. The number of ether oxygens (including phenoxy) is 1. The summed E-state index contributed by atoms with van der Waals surface area (Å²) in [5, 5.41) is 2.79. The van der Waals surface area contributed by atoms with Crippen molar-refractivity contribution in [3.8, 4) is 0 Å². The molecule has 1 atom stereocenters. The van der Waals surface area contributed by atoms with Gasteiger partial charge in [-0.1, -0.05) is 13.8 Å². The Labute approximate surface area is 119 Å². The summed E-state index contributed by atoms with van der Waals surface area (Å²) in [4.78, 5) is 24.1. The number of nitrogens with zero attached hydrogens (tertiary/aromatic N) is 1.